The van der Waals surface area contributed by atoms with Crippen molar-refractivity contribution in [3.63, 3.8) is 0 Å². The topological polar surface area (TPSA) is 38.0 Å². The second-order valence-corrected chi connectivity index (χ2v) is 4.94. The van der Waals surface area contributed by atoms with Gasteiger partial charge in [-0.2, -0.15) is 0 Å². The van der Waals surface area contributed by atoms with Gasteiger partial charge in [-0.1, -0.05) is 12.1 Å². The van der Waals surface area contributed by atoms with Crippen LogP contribution in [0.25, 0.3) is 0 Å². The summed E-state index contributed by atoms with van der Waals surface area (Å²) < 4.78 is 0. The van der Waals surface area contributed by atoms with E-state index in [2.05, 4.69) is 36.7 Å². The summed E-state index contributed by atoms with van der Waals surface area (Å²) in [5.74, 6) is 0. The lowest BCUT2D eigenvalue weighted by atomic mass is 10.1. The second-order valence-electron chi connectivity index (χ2n) is 3.96. The number of nitrogens with one attached hydrogen (secondary N) is 1. The smallest absolute Gasteiger partial charge is 0.0578 e. The van der Waals surface area contributed by atoms with Crippen LogP contribution >= 0.6 is 11.3 Å². The minimum absolute atomic E-state index is 0.320. The summed E-state index contributed by atoms with van der Waals surface area (Å²) in [4.78, 5) is 1.34. The zero-order valence-electron chi connectivity index (χ0n) is 9.53. The van der Waals surface area contributed by atoms with Gasteiger partial charge in [0, 0.05) is 16.3 Å². The molecule has 0 fully saturated rings. The molecule has 1 heterocycles. The van der Waals surface area contributed by atoms with Gasteiger partial charge in [0.2, 0.25) is 0 Å². The fourth-order valence-corrected chi connectivity index (χ4v) is 2.37. The summed E-state index contributed by atoms with van der Waals surface area (Å²) in [6, 6.07) is 10.5. The molecule has 0 saturated heterocycles. The predicted molar refractivity (Wildman–Crippen MR) is 71.9 cm³/mol. The zero-order valence-corrected chi connectivity index (χ0v) is 10.3. The normalized spacial score (nSPS) is 12.4. The van der Waals surface area contributed by atoms with Crippen LogP contribution in [-0.4, -0.2) is 0 Å². The van der Waals surface area contributed by atoms with E-state index in [4.69, 9.17) is 5.73 Å². The van der Waals surface area contributed by atoms with Crippen LogP contribution in [0.5, 0.6) is 0 Å². The third-order valence-corrected chi connectivity index (χ3v) is 3.66. The molecule has 1 aromatic carbocycles. The van der Waals surface area contributed by atoms with Crippen molar-refractivity contribution in [1.29, 1.82) is 0 Å². The number of hydrogen-bond donors (Lipinski definition) is 2. The molecule has 0 aliphatic heterocycles. The van der Waals surface area contributed by atoms with Gasteiger partial charge in [0.05, 0.1) is 6.04 Å². The van der Waals surface area contributed by atoms with Gasteiger partial charge < -0.3 is 11.1 Å². The Hall–Kier alpha value is -1.48. The van der Waals surface area contributed by atoms with Crippen LogP contribution in [-0.2, 0) is 0 Å². The molecule has 1 atom stereocenters. The van der Waals surface area contributed by atoms with E-state index in [9.17, 15) is 0 Å². The van der Waals surface area contributed by atoms with Crippen LogP contribution in [0.4, 0.5) is 11.4 Å². The van der Waals surface area contributed by atoms with Gasteiger partial charge in [0.1, 0.15) is 0 Å². The molecular weight excluding hydrogens is 216 g/mol. The Balaban J connectivity index is 2.17. The highest BCUT2D eigenvalue weighted by Crippen LogP contribution is 2.26. The molecule has 16 heavy (non-hydrogen) atoms. The van der Waals surface area contributed by atoms with Gasteiger partial charge >= 0.3 is 0 Å². The van der Waals surface area contributed by atoms with Crippen LogP contribution in [0.1, 0.15) is 23.4 Å². The Morgan fingerprint density at radius 3 is 2.81 bits per heavy atom. The van der Waals surface area contributed by atoms with E-state index in [0.29, 0.717) is 6.04 Å². The molecule has 84 valence electrons. The number of aryl methyl sites for hydroxylation is 1. The Bertz CT molecular complexity index is 463. The average molecular weight is 232 g/mol. The molecule has 2 aromatic rings. The Kier molecular flexibility index (Phi) is 3.15. The summed E-state index contributed by atoms with van der Waals surface area (Å²) in [5.41, 5.74) is 8.91. The van der Waals surface area contributed by atoms with Gasteiger partial charge in [-0.3, -0.25) is 0 Å². The predicted octanol–water partition coefficient (Wildman–Crippen LogP) is 3.81. The summed E-state index contributed by atoms with van der Waals surface area (Å²) in [5, 5.41) is 5.58. The molecule has 3 N–H and O–H groups in total. The highest BCUT2D eigenvalue weighted by Gasteiger charge is 2.07. The fourth-order valence-electron chi connectivity index (χ4n) is 1.64. The molecule has 2 rings (SSSR count). The van der Waals surface area contributed by atoms with Crippen molar-refractivity contribution in [2.75, 3.05) is 11.1 Å². The maximum Gasteiger partial charge on any atom is 0.0578 e. The first-order valence-corrected chi connectivity index (χ1v) is 6.21. The van der Waals surface area contributed by atoms with Crippen molar-refractivity contribution < 1.29 is 0 Å². The Morgan fingerprint density at radius 2 is 2.12 bits per heavy atom. The van der Waals surface area contributed by atoms with Gasteiger partial charge in [0.15, 0.2) is 0 Å². The van der Waals surface area contributed by atoms with Crippen LogP contribution in [0.3, 0.4) is 0 Å². The Morgan fingerprint density at radius 1 is 1.31 bits per heavy atom. The largest absolute Gasteiger partial charge is 0.399 e. The maximum atomic E-state index is 5.78. The standard InChI is InChI=1S/C13H16N2S/c1-9-5-6-11(14)8-12(9)15-10(2)13-4-3-7-16-13/h3-8,10,15H,14H2,1-2H3. The van der Waals surface area contributed by atoms with Gasteiger partial charge in [0.25, 0.3) is 0 Å². The number of benzene rings is 1. The van der Waals surface area contributed by atoms with Crippen molar-refractivity contribution >= 4 is 22.7 Å². The molecule has 3 heteroatoms. The molecule has 1 unspecified atom stereocenters. The first-order chi connectivity index (χ1) is 7.66. The SMILES string of the molecule is Cc1ccc(N)cc1NC(C)c1cccs1. The van der Waals surface area contributed by atoms with Gasteiger partial charge in [-0.15, -0.1) is 11.3 Å². The molecule has 0 radical (unpaired) electrons. The van der Waals surface area contributed by atoms with E-state index in [1.54, 1.807) is 11.3 Å². The fraction of sp³-hybridized carbons (Fsp3) is 0.231. The molecular formula is C13H16N2S. The summed E-state index contributed by atoms with van der Waals surface area (Å²) >= 11 is 1.77. The highest BCUT2D eigenvalue weighted by molar-refractivity contribution is 7.10. The molecule has 0 bridgehead atoms. The number of nitrogen functional groups attached to an aromatic ring is 1. The van der Waals surface area contributed by atoms with Crippen molar-refractivity contribution in [2.24, 2.45) is 0 Å². The van der Waals surface area contributed by atoms with Crippen LogP contribution in [0.2, 0.25) is 0 Å². The van der Waals surface area contributed by atoms with E-state index in [1.165, 1.54) is 10.4 Å². The lowest BCUT2D eigenvalue weighted by Gasteiger charge is -2.16. The van der Waals surface area contributed by atoms with Crippen molar-refractivity contribution in [2.45, 2.75) is 19.9 Å². The summed E-state index contributed by atoms with van der Waals surface area (Å²) in [7, 11) is 0. The van der Waals surface area contributed by atoms with E-state index >= 15 is 0 Å². The van der Waals surface area contributed by atoms with Crippen molar-refractivity contribution in [3.8, 4) is 0 Å². The number of anilines is 2. The quantitative estimate of drug-likeness (QED) is 0.790. The lowest BCUT2D eigenvalue weighted by molar-refractivity contribution is 0.906. The van der Waals surface area contributed by atoms with Crippen LogP contribution in [0.15, 0.2) is 35.7 Å². The van der Waals surface area contributed by atoms with Gasteiger partial charge in [-0.05, 0) is 43.0 Å². The van der Waals surface area contributed by atoms with Crippen LogP contribution in [0, 0.1) is 6.92 Å². The van der Waals surface area contributed by atoms with Crippen molar-refractivity contribution in [3.05, 3.63) is 46.2 Å². The zero-order chi connectivity index (χ0) is 11.5. The van der Waals surface area contributed by atoms with E-state index in [-0.39, 0.29) is 0 Å². The minimum Gasteiger partial charge on any atom is -0.399 e. The lowest BCUT2D eigenvalue weighted by Crippen LogP contribution is -2.06. The first kappa shape index (κ1) is 11.0. The maximum absolute atomic E-state index is 5.78. The number of rotatable bonds is 3. The third-order valence-electron chi connectivity index (χ3n) is 2.60. The second kappa shape index (κ2) is 4.58. The highest BCUT2D eigenvalue weighted by atomic mass is 32.1. The summed E-state index contributed by atoms with van der Waals surface area (Å²) in [6.45, 7) is 4.25. The van der Waals surface area contributed by atoms with E-state index in [0.717, 1.165) is 11.4 Å². The number of thiophene rings is 1. The molecule has 0 aliphatic carbocycles. The number of nitrogens with two attached hydrogens (primary N) is 1. The molecule has 0 amide bonds. The molecule has 0 saturated carbocycles. The monoisotopic (exact) mass is 232 g/mol. The molecule has 0 spiro atoms. The number of hydrogen-bond acceptors (Lipinski definition) is 3. The summed E-state index contributed by atoms with van der Waals surface area (Å²) in [6.07, 6.45) is 0. The molecule has 1 aromatic heterocycles. The van der Waals surface area contributed by atoms with Crippen LogP contribution < -0.4 is 11.1 Å². The minimum atomic E-state index is 0.320. The average Bonchev–Trinajstić information content (AvgIpc) is 2.76. The third kappa shape index (κ3) is 2.36. The van der Waals surface area contributed by atoms with E-state index in [1.807, 2.05) is 18.2 Å². The first-order valence-electron chi connectivity index (χ1n) is 5.33. The molecule has 0 aliphatic rings. The van der Waals surface area contributed by atoms with Crippen molar-refractivity contribution in [1.82, 2.24) is 0 Å². The Labute approximate surface area is 100 Å². The van der Waals surface area contributed by atoms with E-state index < -0.39 is 0 Å². The molecule has 2 nitrogen and oxygen atoms in total. The van der Waals surface area contributed by atoms with Gasteiger partial charge in [-0.25, -0.2) is 0 Å².